The molecule has 1 N–H and O–H groups in total. The number of aryl methyl sites for hydroxylation is 1. The molecule has 0 radical (unpaired) electrons. The minimum absolute atomic E-state index is 0.106. The molecule has 5 nitrogen and oxygen atoms in total. The second kappa shape index (κ2) is 9.51. The largest absolute Gasteiger partial charge is 0.324 e. The Bertz CT molecular complexity index is 1130. The SMILES string of the molecule is CCc1ccccc1N(CC(=O)Nc1cc(Cl)cc(Cl)c1)S(=O)(=O)c1ccccc1. The molecule has 156 valence electrons. The summed E-state index contributed by atoms with van der Waals surface area (Å²) in [6.45, 7) is 1.53. The summed E-state index contributed by atoms with van der Waals surface area (Å²) in [4.78, 5) is 12.9. The van der Waals surface area contributed by atoms with Gasteiger partial charge in [-0.05, 0) is 48.4 Å². The number of carbonyl (C=O) groups excluding carboxylic acids is 1. The van der Waals surface area contributed by atoms with Gasteiger partial charge in [0.15, 0.2) is 0 Å². The van der Waals surface area contributed by atoms with Crippen molar-refractivity contribution < 1.29 is 13.2 Å². The molecule has 8 heteroatoms. The van der Waals surface area contributed by atoms with Crippen molar-refractivity contribution >= 4 is 50.5 Å². The van der Waals surface area contributed by atoms with Crippen LogP contribution in [0.1, 0.15) is 12.5 Å². The zero-order valence-electron chi connectivity index (χ0n) is 16.2. The van der Waals surface area contributed by atoms with E-state index < -0.39 is 22.5 Å². The van der Waals surface area contributed by atoms with Crippen LogP contribution in [0.25, 0.3) is 0 Å². The lowest BCUT2D eigenvalue weighted by Gasteiger charge is -2.26. The van der Waals surface area contributed by atoms with E-state index in [9.17, 15) is 13.2 Å². The second-order valence-electron chi connectivity index (χ2n) is 6.51. The number of halogens is 2. The molecule has 3 aromatic rings. The van der Waals surface area contributed by atoms with Crippen LogP contribution in [0.4, 0.5) is 11.4 Å². The first-order chi connectivity index (χ1) is 14.3. The van der Waals surface area contributed by atoms with Crippen LogP contribution in [0.15, 0.2) is 77.7 Å². The van der Waals surface area contributed by atoms with Crippen LogP contribution in [0.3, 0.4) is 0 Å². The molecule has 1 amide bonds. The number of anilines is 2. The highest BCUT2D eigenvalue weighted by Gasteiger charge is 2.28. The second-order valence-corrected chi connectivity index (χ2v) is 9.25. The van der Waals surface area contributed by atoms with Crippen molar-refractivity contribution in [2.75, 3.05) is 16.2 Å². The van der Waals surface area contributed by atoms with Gasteiger partial charge in [-0.1, -0.05) is 66.5 Å². The van der Waals surface area contributed by atoms with E-state index in [2.05, 4.69) is 5.32 Å². The average molecular weight is 463 g/mol. The van der Waals surface area contributed by atoms with E-state index in [0.717, 1.165) is 9.87 Å². The average Bonchev–Trinajstić information content (AvgIpc) is 2.72. The van der Waals surface area contributed by atoms with Gasteiger partial charge >= 0.3 is 0 Å². The summed E-state index contributed by atoms with van der Waals surface area (Å²) in [5.74, 6) is -0.515. The predicted octanol–water partition coefficient (Wildman–Crippen LogP) is 5.39. The Morgan fingerprint density at radius 3 is 2.17 bits per heavy atom. The van der Waals surface area contributed by atoms with Gasteiger partial charge in [0.2, 0.25) is 5.91 Å². The van der Waals surface area contributed by atoms with E-state index in [4.69, 9.17) is 23.2 Å². The van der Waals surface area contributed by atoms with Crippen molar-refractivity contribution in [2.24, 2.45) is 0 Å². The zero-order chi connectivity index (χ0) is 21.7. The molecule has 0 saturated carbocycles. The van der Waals surface area contributed by atoms with Crippen molar-refractivity contribution in [3.63, 3.8) is 0 Å². The van der Waals surface area contributed by atoms with E-state index in [-0.39, 0.29) is 4.90 Å². The molecule has 0 bridgehead atoms. The van der Waals surface area contributed by atoms with Gasteiger partial charge in [0.25, 0.3) is 10.0 Å². The van der Waals surface area contributed by atoms with Crippen LogP contribution in [0.5, 0.6) is 0 Å². The van der Waals surface area contributed by atoms with Gasteiger partial charge < -0.3 is 5.32 Å². The molecule has 0 aliphatic heterocycles. The third-order valence-corrected chi connectivity index (χ3v) is 6.62. The minimum atomic E-state index is -3.97. The number of nitrogens with one attached hydrogen (secondary N) is 1. The quantitative estimate of drug-likeness (QED) is 0.511. The van der Waals surface area contributed by atoms with E-state index >= 15 is 0 Å². The standard InChI is InChI=1S/C22H20Cl2N2O3S/c1-2-16-8-6-7-11-21(16)26(30(28,29)20-9-4-3-5-10-20)15-22(27)25-19-13-17(23)12-18(24)14-19/h3-14H,2,15H2,1H3,(H,25,27). The third-order valence-electron chi connectivity index (χ3n) is 4.41. The predicted molar refractivity (Wildman–Crippen MR) is 122 cm³/mol. The van der Waals surface area contributed by atoms with Crippen molar-refractivity contribution in [1.29, 1.82) is 0 Å². The highest BCUT2D eigenvalue weighted by molar-refractivity contribution is 7.92. The normalized spacial score (nSPS) is 11.2. The number of amides is 1. The molecule has 30 heavy (non-hydrogen) atoms. The fourth-order valence-electron chi connectivity index (χ4n) is 3.03. The van der Waals surface area contributed by atoms with E-state index in [0.29, 0.717) is 27.8 Å². The van der Waals surface area contributed by atoms with Crippen molar-refractivity contribution in [3.05, 3.63) is 88.4 Å². The number of rotatable bonds is 7. The first kappa shape index (κ1) is 22.2. The first-order valence-corrected chi connectivity index (χ1v) is 11.4. The molecule has 0 aromatic heterocycles. The molecule has 0 aliphatic rings. The maximum absolute atomic E-state index is 13.4. The summed E-state index contributed by atoms with van der Waals surface area (Å²) < 4.78 is 27.9. The lowest BCUT2D eigenvalue weighted by molar-refractivity contribution is -0.114. The Kier molecular flexibility index (Phi) is 7.02. The first-order valence-electron chi connectivity index (χ1n) is 9.23. The lowest BCUT2D eigenvalue weighted by atomic mass is 10.1. The smallest absolute Gasteiger partial charge is 0.264 e. The molecule has 3 aromatic carbocycles. The molecule has 0 aliphatic carbocycles. The Hall–Kier alpha value is -2.54. The van der Waals surface area contributed by atoms with Gasteiger partial charge in [0.05, 0.1) is 10.6 Å². The topological polar surface area (TPSA) is 66.5 Å². The van der Waals surface area contributed by atoms with Gasteiger partial charge in [0.1, 0.15) is 6.54 Å². The van der Waals surface area contributed by atoms with Crippen LogP contribution in [0.2, 0.25) is 10.0 Å². The van der Waals surface area contributed by atoms with Crippen LogP contribution in [-0.2, 0) is 21.2 Å². The zero-order valence-corrected chi connectivity index (χ0v) is 18.5. The highest BCUT2D eigenvalue weighted by Crippen LogP contribution is 2.28. The van der Waals surface area contributed by atoms with Crippen molar-refractivity contribution in [1.82, 2.24) is 0 Å². The number of para-hydroxylation sites is 1. The molecule has 0 atom stereocenters. The maximum atomic E-state index is 13.4. The summed E-state index contributed by atoms with van der Waals surface area (Å²) >= 11 is 12.0. The lowest BCUT2D eigenvalue weighted by Crippen LogP contribution is -2.38. The fraction of sp³-hybridized carbons (Fsp3) is 0.136. The molecule has 0 heterocycles. The number of nitrogens with zero attached hydrogens (tertiary/aromatic N) is 1. The van der Waals surface area contributed by atoms with Crippen LogP contribution in [0, 0.1) is 0 Å². The van der Waals surface area contributed by atoms with E-state index in [1.165, 1.54) is 12.1 Å². The Morgan fingerprint density at radius 2 is 1.53 bits per heavy atom. The molecular weight excluding hydrogens is 443 g/mol. The summed E-state index contributed by atoms with van der Waals surface area (Å²) in [7, 11) is -3.97. The maximum Gasteiger partial charge on any atom is 0.264 e. The number of hydrogen-bond donors (Lipinski definition) is 1. The van der Waals surface area contributed by atoms with Gasteiger partial charge in [0, 0.05) is 15.7 Å². The number of carbonyl (C=O) groups is 1. The molecule has 0 saturated heterocycles. The van der Waals surface area contributed by atoms with Gasteiger partial charge in [-0.25, -0.2) is 8.42 Å². The van der Waals surface area contributed by atoms with Crippen LogP contribution >= 0.6 is 23.2 Å². The Morgan fingerprint density at radius 1 is 0.933 bits per heavy atom. The van der Waals surface area contributed by atoms with Crippen molar-refractivity contribution in [2.45, 2.75) is 18.2 Å². The number of hydrogen-bond acceptors (Lipinski definition) is 3. The van der Waals surface area contributed by atoms with E-state index in [1.807, 2.05) is 19.1 Å². The molecule has 0 spiro atoms. The summed E-state index contributed by atoms with van der Waals surface area (Å²) in [5, 5.41) is 3.40. The summed E-state index contributed by atoms with van der Waals surface area (Å²) in [6, 6.07) is 19.8. The number of sulfonamides is 1. The summed E-state index contributed by atoms with van der Waals surface area (Å²) in [6.07, 6.45) is 0.614. The molecule has 3 rings (SSSR count). The Labute approximate surface area is 186 Å². The molecular formula is C22H20Cl2N2O3S. The van der Waals surface area contributed by atoms with Crippen molar-refractivity contribution in [3.8, 4) is 0 Å². The number of benzene rings is 3. The van der Waals surface area contributed by atoms with Gasteiger partial charge in [-0.3, -0.25) is 9.10 Å². The molecule has 0 unspecified atom stereocenters. The monoisotopic (exact) mass is 462 g/mol. The van der Waals surface area contributed by atoms with E-state index in [1.54, 1.807) is 48.5 Å². The van der Waals surface area contributed by atoms with Gasteiger partial charge in [-0.15, -0.1) is 0 Å². The highest BCUT2D eigenvalue weighted by atomic mass is 35.5. The van der Waals surface area contributed by atoms with Gasteiger partial charge in [-0.2, -0.15) is 0 Å². The minimum Gasteiger partial charge on any atom is -0.324 e. The summed E-state index contributed by atoms with van der Waals surface area (Å²) in [5.41, 5.74) is 1.66. The van der Waals surface area contributed by atoms with Crippen LogP contribution < -0.4 is 9.62 Å². The third kappa shape index (κ3) is 5.14. The fourth-order valence-corrected chi connectivity index (χ4v) is 5.04. The van der Waals surface area contributed by atoms with Crippen LogP contribution in [-0.4, -0.2) is 20.9 Å². The Balaban J connectivity index is 1.98. The molecule has 0 fully saturated rings.